The minimum absolute atomic E-state index is 0.0968. The molecule has 0 saturated carbocycles. The highest BCUT2D eigenvalue weighted by Gasteiger charge is 2.12. The van der Waals surface area contributed by atoms with E-state index in [0.717, 1.165) is 21.7 Å². The Morgan fingerprint density at radius 3 is 2.15 bits per heavy atom. The van der Waals surface area contributed by atoms with Crippen LogP contribution in [0.25, 0.3) is 0 Å². The van der Waals surface area contributed by atoms with Crippen molar-refractivity contribution in [3.63, 3.8) is 0 Å². The van der Waals surface area contributed by atoms with Gasteiger partial charge in [0.1, 0.15) is 0 Å². The molecule has 20 heavy (non-hydrogen) atoms. The van der Waals surface area contributed by atoms with Gasteiger partial charge in [-0.05, 0) is 37.1 Å². The third kappa shape index (κ3) is 2.88. The van der Waals surface area contributed by atoms with Crippen molar-refractivity contribution in [2.75, 3.05) is 10.7 Å². The van der Waals surface area contributed by atoms with Gasteiger partial charge in [0.25, 0.3) is 0 Å². The van der Waals surface area contributed by atoms with E-state index in [1.54, 1.807) is 0 Å². The lowest BCUT2D eigenvalue weighted by atomic mass is 10.1. The van der Waals surface area contributed by atoms with Gasteiger partial charge in [-0.2, -0.15) is 0 Å². The zero-order chi connectivity index (χ0) is 14.9. The quantitative estimate of drug-likeness (QED) is 0.586. The number of pyridine rings is 1. The average molecular weight is 343 g/mol. The molecule has 106 valence electrons. The molecule has 1 aromatic heterocycles. The summed E-state index contributed by atoms with van der Waals surface area (Å²) >= 11 is 3.45. The first-order chi connectivity index (χ1) is 9.42. The van der Waals surface area contributed by atoms with Crippen LogP contribution < -0.4 is 16.6 Å². The van der Waals surface area contributed by atoms with Crippen molar-refractivity contribution in [2.45, 2.75) is 13.8 Å². The number of anilines is 3. The van der Waals surface area contributed by atoms with E-state index < -0.39 is 11.6 Å². The number of nitrogens with one attached hydrogen (secondary N) is 2. The van der Waals surface area contributed by atoms with Crippen molar-refractivity contribution in [3.8, 4) is 0 Å². The van der Waals surface area contributed by atoms with Gasteiger partial charge < -0.3 is 10.7 Å². The van der Waals surface area contributed by atoms with E-state index in [1.807, 2.05) is 26.0 Å². The Balaban J connectivity index is 2.39. The SMILES string of the molecule is Cc1cc(Nc2nc(NN)c(F)cc2F)cc(C)c1Br. The van der Waals surface area contributed by atoms with E-state index in [9.17, 15) is 8.78 Å². The Hall–Kier alpha value is -1.73. The Morgan fingerprint density at radius 1 is 1.05 bits per heavy atom. The lowest BCUT2D eigenvalue weighted by molar-refractivity contribution is 0.579. The van der Waals surface area contributed by atoms with Crippen LogP contribution in [0.1, 0.15) is 11.1 Å². The van der Waals surface area contributed by atoms with Gasteiger partial charge in [-0.25, -0.2) is 19.6 Å². The number of rotatable bonds is 3. The van der Waals surface area contributed by atoms with Crippen molar-refractivity contribution >= 4 is 33.3 Å². The van der Waals surface area contributed by atoms with Gasteiger partial charge in [-0.1, -0.05) is 15.9 Å². The fraction of sp³-hybridized carbons (Fsp3) is 0.154. The highest BCUT2D eigenvalue weighted by Crippen LogP contribution is 2.28. The molecule has 0 amide bonds. The van der Waals surface area contributed by atoms with E-state index in [1.165, 1.54) is 0 Å². The molecule has 0 radical (unpaired) electrons. The Kier molecular flexibility index (Phi) is 4.20. The molecule has 7 heteroatoms. The first-order valence-corrected chi connectivity index (χ1v) is 6.58. The van der Waals surface area contributed by atoms with Crippen LogP contribution in [0.3, 0.4) is 0 Å². The standard InChI is InChI=1S/C13H13BrF2N4/c1-6-3-8(4-7(2)11(6)14)18-12-9(15)5-10(16)13(19-12)20-17/h3-5H,17H2,1-2H3,(H2,18,19,20). The van der Waals surface area contributed by atoms with E-state index >= 15 is 0 Å². The predicted octanol–water partition coefficient (Wildman–Crippen LogP) is 3.77. The molecule has 1 aromatic carbocycles. The molecule has 0 aliphatic rings. The summed E-state index contributed by atoms with van der Waals surface area (Å²) < 4.78 is 27.9. The van der Waals surface area contributed by atoms with Crippen molar-refractivity contribution < 1.29 is 8.78 Å². The van der Waals surface area contributed by atoms with E-state index in [4.69, 9.17) is 5.84 Å². The minimum atomic E-state index is -0.848. The Bertz CT molecular complexity index is 638. The number of hydrogen-bond acceptors (Lipinski definition) is 4. The van der Waals surface area contributed by atoms with E-state index in [2.05, 4.69) is 31.7 Å². The third-order valence-electron chi connectivity index (χ3n) is 2.77. The molecule has 0 spiro atoms. The van der Waals surface area contributed by atoms with Gasteiger partial charge >= 0.3 is 0 Å². The maximum absolute atomic E-state index is 13.7. The number of aryl methyl sites for hydroxylation is 2. The van der Waals surface area contributed by atoms with Crippen LogP contribution in [-0.2, 0) is 0 Å². The fourth-order valence-electron chi connectivity index (χ4n) is 1.81. The zero-order valence-corrected chi connectivity index (χ0v) is 12.5. The van der Waals surface area contributed by atoms with Crippen molar-refractivity contribution in [1.82, 2.24) is 4.98 Å². The molecule has 0 saturated heterocycles. The second-order valence-corrected chi connectivity index (χ2v) is 5.14. The number of hydrogen-bond donors (Lipinski definition) is 3. The monoisotopic (exact) mass is 342 g/mol. The molecule has 4 nitrogen and oxygen atoms in total. The first kappa shape index (κ1) is 14.7. The summed E-state index contributed by atoms with van der Waals surface area (Å²) in [7, 11) is 0. The van der Waals surface area contributed by atoms with Crippen molar-refractivity contribution in [1.29, 1.82) is 0 Å². The molecule has 4 N–H and O–H groups in total. The molecule has 0 bridgehead atoms. The molecular formula is C13H13BrF2N4. The molecule has 2 rings (SSSR count). The zero-order valence-electron chi connectivity index (χ0n) is 10.9. The molecule has 1 heterocycles. The predicted molar refractivity (Wildman–Crippen MR) is 78.9 cm³/mol. The highest BCUT2D eigenvalue weighted by molar-refractivity contribution is 9.10. The van der Waals surface area contributed by atoms with Gasteiger partial charge in [0, 0.05) is 16.2 Å². The molecular weight excluding hydrogens is 330 g/mol. The summed E-state index contributed by atoms with van der Waals surface area (Å²) in [6.07, 6.45) is 0. The number of nitrogens with zero attached hydrogens (tertiary/aromatic N) is 1. The van der Waals surface area contributed by atoms with E-state index in [-0.39, 0.29) is 11.6 Å². The van der Waals surface area contributed by atoms with Gasteiger partial charge in [0.05, 0.1) is 0 Å². The summed E-state index contributed by atoms with van der Waals surface area (Å²) in [5, 5.41) is 2.81. The summed E-state index contributed by atoms with van der Waals surface area (Å²) in [4.78, 5) is 3.76. The normalized spacial score (nSPS) is 10.5. The highest BCUT2D eigenvalue weighted by atomic mass is 79.9. The maximum Gasteiger partial charge on any atom is 0.178 e. The number of nitrogen functional groups attached to an aromatic ring is 1. The lowest BCUT2D eigenvalue weighted by Gasteiger charge is -2.12. The first-order valence-electron chi connectivity index (χ1n) is 5.78. The summed E-state index contributed by atoms with van der Waals surface area (Å²) in [6, 6.07) is 4.39. The third-order valence-corrected chi connectivity index (χ3v) is 4.02. The molecule has 0 unspecified atom stereocenters. The average Bonchev–Trinajstić information content (AvgIpc) is 2.39. The van der Waals surface area contributed by atoms with Crippen LogP contribution in [0, 0.1) is 25.5 Å². The Morgan fingerprint density at radius 2 is 1.60 bits per heavy atom. The summed E-state index contributed by atoms with van der Waals surface area (Å²) in [5.74, 6) is 3.16. The van der Waals surface area contributed by atoms with Crippen LogP contribution in [-0.4, -0.2) is 4.98 Å². The van der Waals surface area contributed by atoms with Gasteiger partial charge in [-0.3, -0.25) is 0 Å². The van der Waals surface area contributed by atoms with Crippen LogP contribution >= 0.6 is 15.9 Å². The van der Waals surface area contributed by atoms with Crippen LogP contribution in [0.15, 0.2) is 22.7 Å². The second kappa shape index (κ2) is 5.72. The summed E-state index contributed by atoms with van der Waals surface area (Å²) in [6.45, 7) is 3.84. The number of aromatic nitrogens is 1. The smallest absolute Gasteiger partial charge is 0.178 e. The van der Waals surface area contributed by atoms with Crippen molar-refractivity contribution in [2.24, 2.45) is 5.84 Å². The lowest BCUT2D eigenvalue weighted by Crippen LogP contribution is -2.12. The van der Waals surface area contributed by atoms with Gasteiger partial charge in [-0.15, -0.1) is 0 Å². The number of benzene rings is 1. The van der Waals surface area contributed by atoms with E-state index in [0.29, 0.717) is 5.69 Å². The van der Waals surface area contributed by atoms with Crippen LogP contribution in [0.4, 0.5) is 26.1 Å². The Labute approximate surface area is 123 Å². The fourth-order valence-corrected chi connectivity index (χ4v) is 2.04. The van der Waals surface area contributed by atoms with Crippen LogP contribution in [0.2, 0.25) is 0 Å². The molecule has 0 atom stereocenters. The minimum Gasteiger partial charge on any atom is -0.338 e. The largest absolute Gasteiger partial charge is 0.338 e. The van der Waals surface area contributed by atoms with Crippen molar-refractivity contribution in [3.05, 3.63) is 45.4 Å². The molecule has 0 aliphatic carbocycles. The molecule has 0 aliphatic heterocycles. The van der Waals surface area contributed by atoms with Gasteiger partial charge in [0.2, 0.25) is 0 Å². The summed E-state index contributed by atoms with van der Waals surface area (Å²) in [5.41, 5.74) is 4.72. The topological polar surface area (TPSA) is 63.0 Å². The number of nitrogens with two attached hydrogens (primary N) is 1. The second-order valence-electron chi connectivity index (χ2n) is 4.34. The molecule has 0 fully saturated rings. The maximum atomic E-state index is 13.7. The van der Waals surface area contributed by atoms with Crippen LogP contribution in [0.5, 0.6) is 0 Å². The number of halogens is 3. The molecule has 2 aromatic rings. The van der Waals surface area contributed by atoms with Gasteiger partial charge in [0.15, 0.2) is 23.3 Å². The number of hydrazine groups is 1.